The Morgan fingerprint density at radius 1 is 1.30 bits per heavy atom. The number of aromatic nitrogens is 2. The van der Waals surface area contributed by atoms with E-state index >= 15 is 0 Å². The number of ether oxygens (including phenoxy) is 2. The van der Waals surface area contributed by atoms with Crippen LogP contribution < -0.4 is 4.74 Å². The van der Waals surface area contributed by atoms with E-state index in [1.54, 1.807) is 0 Å². The van der Waals surface area contributed by atoms with Gasteiger partial charge in [-0.2, -0.15) is 5.10 Å². The summed E-state index contributed by atoms with van der Waals surface area (Å²) in [4.78, 5) is 2.34. The molecule has 3 rings (SSSR count). The highest BCUT2D eigenvalue weighted by Crippen LogP contribution is 2.25. The van der Waals surface area contributed by atoms with Gasteiger partial charge in [-0.1, -0.05) is 13.3 Å². The number of unbranched alkanes of at least 4 members (excludes halogenated alkanes) is 1. The highest BCUT2D eigenvalue weighted by Gasteiger charge is 2.20. The molecule has 1 N–H and O–H groups in total. The van der Waals surface area contributed by atoms with E-state index in [2.05, 4.69) is 41.2 Å². The molecule has 5 nitrogen and oxygen atoms in total. The Morgan fingerprint density at radius 2 is 2.09 bits per heavy atom. The molecule has 0 atom stereocenters. The third-order valence-corrected chi connectivity index (χ3v) is 4.10. The fraction of sp³-hybridized carbons (Fsp3) is 0.500. The second-order valence-corrected chi connectivity index (χ2v) is 6.16. The number of hydrogen-bond acceptors (Lipinski definition) is 4. The summed E-state index contributed by atoms with van der Waals surface area (Å²) in [6, 6.07) is 8.19. The predicted octanol–water partition coefficient (Wildman–Crippen LogP) is 3.09. The van der Waals surface area contributed by atoms with E-state index in [1.165, 1.54) is 18.4 Å². The van der Waals surface area contributed by atoms with Crippen LogP contribution in [0.4, 0.5) is 0 Å². The molecule has 0 unspecified atom stereocenters. The molecule has 124 valence electrons. The maximum atomic E-state index is 5.80. The highest BCUT2D eigenvalue weighted by molar-refractivity contribution is 5.63. The Morgan fingerprint density at radius 3 is 2.74 bits per heavy atom. The van der Waals surface area contributed by atoms with Gasteiger partial charge in [0.25, 0.3) is 0 Å². The van der Waals surface area contributed by atoms with E-state index in [1.807, 2.05) is 18.3 Å². The van der Waals surface area contributed by atoms with Crippen LogP contribution in [0.2, 0.25) is 0 Å². The molecule has 1 aliphatic rings. The Balaban J connectivity index is 1.65. The summed E-state index contributed by atoms with van der Waals surface area (Å²) in [7, 11) is 2.16. The molecule has 0 amide bonds. The third-order valence-electron chi connectivity index (χ3n) is 4.10. The molecule has 5 heteroatoms. The molecule has 0 spiro atoms. The molecule has 1 aromatic carbocycles. The lowest BCUT2D eigenvalue weighted by atomic mass is 10.1. The van der Waals surface area contributed by atoms with Crippen molar-refractivity contribution >= 4 is 0 Å². The molecule has 0 aliphatic carbocycles. The molecule has 1 aromatic heterocycles. The Hall–Kier alpha value is -1.85. The topological polar surface area (TPSA) is 50.4 Å². The van der Waals surface area contributed by atoms with E-state index in [-0.39, 0.29) is 6.10 Å². The fourth-order valence-corrected chi connectivity index (χ4v) is 2.65. The van der Waals surface area contributed by atoms with Crippen LogP contribution in [0.3, 0.4) is 0 Å². The van der Waals surface area contributed by atoms with Crippen molar-refractivity contribution in [1.82, 2.24) is 15.1 Å². The Kier molecular flexibility index (Phi) is 5.31. The Labute approximate surface area is 137 Å². The molecule has 23 heavy (non-hydrogen) atoms. The van der Waals surface area contributed by atoms with Crippen molar-refractivity contribution in [3.63, 3.8) is 0 Å². The lowest BCUT2D eigenvalue weighted by molar-refractivity contribution is -0.0796. The number of rotatable bonds is 8. The molecule has 1 aliphatic heterocycles. The minimum absolute atomic E-state index is 0.204. The normalized spacial score (nSPS) is 14.9. The van der Waals surface area contributed by atoms with Gasteiger partial charge in [-0.05, 0) is 44.3 Å². The van der Waals surface area contributed by atoms with Gasteiger partial charge in [-0.25, -0.2) is 0 Å². The number of H-pyrrole nitrogens is 1. The average molecular weight is 315 g/mol. The summed E-state index contributed by atoms with van der Waals surface area (Å²) < 4.78 is 10.9. The standard InChI is InChI=1S/C18H25N3O2/c1-3-4-9-21(2)11-15-10-19-20-18(15)14-5-7-16(8-6-14)23-17-12-22-13-17/h5-8,10,17H,3-4,9,11-13H2,1-2H3,(H,19,20). The molecule has 1 fully saturated rings. The zero-order valence-electron chi connectivity index (χ0n) is 13.9. The van der Waals surface area contributed by atoms with Crippen LogP contribution in [0.5, 0.6) is 5.75 Å². The monoisotopic (exact) mass is 315 g/mol. The van der Waals surface area contributed by atoms with Crippen molar-refractivity contribution in [2.75, 3.05) is 26.8 Å². The van der Waals surface area contributed by atoms with E-state index in [0.29, 0.717) is 13.2 Å². The van der Waals surface area contributed by atoms with Gasteiger partial charge in [0.15, 0.2) is 0 Å². The van der Waals surface area contributed by atoms with Crippen LogP contribution in [-0.2, 0) is 11.3 Å². The first-order chi connectivity index (χ1) is 11.3. The van der Waals surface area contributed by atoms with Gasteiger partial charge in [0.1, 0.15) is 11.9 Å². The number of nitrogens with one attached hydrogen (secondary N) is 1. The SMILES string of the molecule is CCCCN(C)Cc1cn[nH]c1-c1ccc(OC2COC2)cc1. The lowest BCUT2D eigenvalue weighted by Crippen LogP contribution is -2.38. The molecule has 2 heterocycles. The highest BCUT2D eigenvalue weighted by atomic mass is 16.6. The first-order valence-electron chi connectivity index (χ1n) is 8.32. The van der Waals surface area contributed by atoms with Gasteiger partial charge < -0.3 is 14.4 Å². The van der Waals surface area contributed by atoms with Crippen LogP contribution >= 0.6 is 0 Å². The quantitative estimate of drug-likeness (QED) is 0.813. The summed E-state index contributed by atoms with van der Waals surface area (Å²) in [6.07, 6.45) is 4.57. The van der Waals surface area contributed by atoms with Crippen molar-refractivity contribution in [2.24, 2.45) is 0 Å². The molecule has 1 saturated heterocycles. The molecule has 2 aromatic rings. The second-order valence-electron chi connectivity index (χ2n) is 6.16. The minimum atomic E-state index is 0.204. The lowest BCUT2D eigenvalue weighted by Gasteiger charge is -2.26. The van der Waals surface area contributed by atoms with E-state index in [0.717, 1.165) is 30.1 Å². The summed E-state index contributed by atoms with van der Waals surface area (Å²) >= 11 is 0. The molecule has 0 radical (unpaired) electrons. The number of nitrogens with zero attached hydrogens (tertiary/aromatic N) is 2. The summed E-state index contributed by atoms with van der Waals surface area (Å²) in [5.41, 5.74) is 3.45. The first-order valence-corrected chi connectivity index (χ1v) is 8.32. The minimum Gasteiger partial charge on any atom is -0.486 e. The van der Waals surface area contributed by atoms with Crippen molar-refractivity contribution in [1.29, 1.82) is 0 Å². The van der Waals surface area contributed by atoms with Crippen molar-refractivity contribution in [3.8, 4) is 17.0 Å². The van der Waals surface area contributed by atoms with E-state index in [4.69, 9.17) is 9.47 Å². The van der Waals surface area contributed by atoms with Crippen LogP contribution in [0.15, 0.2) is 30.5 Å². The third kappa shape index (κ3) is 4.12. The smallest absolute Gasteiger partial charge is 0.145 e. The zero-order chi connectivity index (χ0) is 16.1. The van der Waals surface area contributed by atoms with Gasteiger partial charge in [0.2, 0.25) is 0 Å². The van der Waals surface area contributed by atoms with Crippen molar-refractivity contribution < 1.29 is 9.47 Å². The van der Waals surface area contributed by atoms with Gasteiger partial charge in [-0.15, -0.1) is 0 Å². The first kappa shape index (κ1) is 16.0. The van der Waals surface area contributed by atoms with Crippen molar-refractivity contribution in [3.05, 3.63) is 36.0 Å². The average Bonchev–Trinajstić information content (AvgIpc) is 2.97. The van der Waals surface area contributed by atoms with E-state index < -0.39 is 0 Å². The molecule has 0 saturated carbocycles. The van der Waals surface area contributed by atoms with Gasteiger partial charge >= 0.3 is 0 Å². The fourth-order valence-electron chi connectivity index (χ4n) is 2.65. The van der Waals surface area contributed by atoms with E-state index in [9.17, 15) is 0 Å². The Bertz CT molecular complexity index is 605. The predicted molar refractivity (Wildman–Crippen MR) is 90.5 cm³/mol. The van der Waals surface area contributed by atoms with Crippen LogP contribution in [0.1, 0.15) is 25.3 Å². The maximum Gasteiger partial charge on any atom is 0.145 e. The van der Waals surface area contributed by atoms with Gasteiger partial charge in [0, 0.05) is 17.7 Å². The molecular formula is C18H25N3O2. The maximum absolute atomic E-state index is 5.80. The number of benzene rings is 1. The van der Waals surface area contributed by atoms with Crippen LogP contribution in [0, 0.1) is 0 Å². The molecular weight excluding hydrogens is 290 g/mol. The number of hydrogen-bond donors (Lipinski definition) is 1. The summed E-state index contributed by atoms with van der Waals surface area (Å²) in [5, 5.41) is 7.35. The summed E-state index contributed by atoms with van der Waals surface area (Å²) in [5.74, 6) is 0.892. The largest absolute Gasteiger partial charge is 0.486 e. The van der Waals surface area contributed by atoms with Crippen LogP contribution in [-0.4, -0.2) is 48.0 Å². The van der Waals surface area contributed by atoms with Gasteiger partial charge in [0.05, 0.1) is 25.1 Å². The summed E-state index contributed by atoms with van der Waals surface area (Å²) in [6.45, 7) is 5.62. The van der Waals surface area contributed by atoms with Crippen LogP contribution in [0.25, 0.3) is 11.3 Å². The van der Waals surface area contributed by atoms with Gasteiger partial charge in [-0.3, -0.25) is 5.10 Å². The van der Waals surface area contributed by atoms with Crippen molar-refractivity contribution in [2.45, 2.75) is 32.4 Å². The number of aromatic amines is 1. The molecule has 0 bridgehead atoms. The second kappa shape index (κ2) is 7.62. The zero-order valence-corrected chi connectivity index (χ0v) is 13.9.